The molecule has 0 spiro atoms. The zero-order valence-corrected chi connectivity index (χ0v) is 11.8. The van der Waals surface area contributed by atoms with Crippen LogP contribution in [0, 0.1) is 12.8 Å². The molecule has 2 rings (SSSR count). The lowest BCUT2D eigenvalue weighted by Crippen LogP contribution is -2.35. The molecule has 0 saturated carbocycles. The molecular weight excluding hydrogens is 238 g/mol. The molecule has 1 saturated heterocycles. The summed E-state index contributed by atoms with van der Waals surface area (Å²) in [6.07, 6.45) is 2.54. The molecule has 1 unspecified atom stereocenters. The third kappa shape index (κ3) is 3.47. The monoisotopic (exact) mass is 261 g/mol. The first-order chi connectivity index (χ1) is 9.08. The fraction of sp³-hybridized carbons (Fsp3) is 0.533. The molecule has 4 nitrogen and oxygen atoms in total. The molecule has 1 heterocycles. The van der Waals surface area contributed by atoms with Crippen LogP contribution in [0.3, 0.4) is 0 Å². The van der Waals surface area contributed by atoms with Crippen molar-refractivity contribution in [1.82, 2.24) is 4.90 Å². The molecule has 19 heavy (non-hydrogen) atoms. The third-order valence-corrected chi connectivity index (χ3v) is 3.90. The highest BCUT2D eigenvalue weighted by molar-refractivity contribution is 5.95. The standard InChI is InChI=1S/C15H23N3O/c1-11-13(15(16)19)6-3-7-14(11)17-9-12-5-4-8-18(2)10-12/h3,6-7,12,17H,4-5,8-10H2,1-2H3,(H2,16,19). The molecule has 0 radical (unpaired) electrons. The second-order valence-electron chi connectivity index (χ2n) is 5.49. The number of nitrogens with two attached hydrogens (primary N) is 1. The Hall–Kier alpha value is -1.55. The van der Waals surface area contributed by atoms with Gasteiger partial charge in [0, 0.05) is 24.3 Å². The fourth-order valence-electron chi connectivity index (χ4n) is 2.79. The molecule has 1 aliphatic heterocycles. The van der Waals surface area contributed by atoms with E-state index in [0.29, 0.717) is 11.5 Å². The van der Waals surface area contributed by atoms with E-state index in [9.17, 15) is 4.79 Å². The largest absolute Gasteiger partial charge is 0.384 e. The van der Waals surface area contributed by atoms with Gasteiger partial charge >= 0.3 is 0 Å². The zero-order chi connectivity index (χ0) is 13.8. The Balaban J connectivity index is 1.99. The van der Waals surface area contributed by atoms with Crippen molar-refractivity contribution in [3.63, 3.8) is 0 Å². The second-order valence-corrected chi connectivity index (χ2v) is 5.49. The first kappa shape index (κ1) is 13.9. The van der Waals surface area contributed by atoms with Gasteiger partial charge in [0.1, 0.15) is 0 Å². The molecule has 1 aliphatic rings. The van der Waals surface area contributed by atoms with E-state index >= 15 is 0 Å². The molecule has 1 amide bonds. The van der Waals surface area contributed by atoms with Crippen molar-refractivity contribution in [2.45, 2.75) is 19.8 Å². The lowest BCUT2D eigenvalue weighted by molar-refractivity contribution is 0.1000. The average molecular weight is 261 g/mol. The first-order valence-electron chi connectivity index (χ1n) is 6.89. The number of carbonyl (C=O) groups is 1. The summed E-state index contributed by atoms with van der Waals surface area (Å²) in [4.78, 5) is 13.7. The van der Waals surface area contributed by atoms with Gasteiger partial charge in [-0.3, -0.25) is 4.79 Å². The highest BCUT2D eigenvalue weighted by Crippen LogP contribution is 2.21. The average Bonchev–Trinajstić information content (AvgIpc) is 2.37. The van der Waals surface area contributed by atoms with Crippen LogP contribution < -0.4 is 11.1 Å². The van der Waals surface area contributed by atoms with Gasteiger partial charge in [-0.15, -0.1) is 0 Å². The molecular formula is C15H23N3O. The molecule has 1 fully saturated rings. The molecule has 0 bridgehead atoms. The molecule has 0 aromatic heterocycles. The number of anilines is 1. The molecule has 1 aromatic rings. The van der Waals surface area contributed by atoms with Crippen LogP contribution in [-0.4, -0.2) is 37.5 Å². The fourth-order valence-corrected chi connectivity index (χ4v) is 2.79. The lowest BCUT2D eigenvalue weighted by atomic mass is 9.98. The summed E-state index contributed by atoms with van der Waals surface area (Å²) >= 11 is 0. The maximum absolute atomic E-state index is 11.3. The quantitative estimate of drug-likeness (QED) is 0.869. The normalized spacial score (nSPS) is 20.2. The predicted octanol–water partition coefficient (Wildman–Crippen LogP) is 1.85. The Bertz CT molecular complexity index is 459. The number of hydrogen-bond donors (Lipinski definition) is 2. The van der Waals surface area contributed by atoms with Crippen molar-refractivity contribution in [3.8, 4) is 0 Å². The molecule has 4 heteroatoms. The minimum atomic E-state index is -0.362. The van der Waals surface area contributed by atoms with Crippen LogP contribution in [0.15, 0.2) is 18.2 Å². The molecule has 0 aliphatic carbocycles. The van der Waals surface area contributed by atoms with Crippen molar-refractivity contribution in [1.29, 1.82) is 0 Å². The minimum Gasteiger partial charge on any atom is -0.384 e. The van der Waals surface area contributed by atoms with E-state index < -0.39 is 0 Å². The van der Waals surface area contributed by atoms with Gasteiger partial charge in [-0.2, -0.15) is 0 Å². The third-order valence-electron chi connectivity index (χ3n) is 3.90. The summed E-state index contributed by atoms with van der Waals surface area (Å²) in [5, 5.41) is 3.46. The molecule has 3 N–H and O–H groups in total. The number of nitrogens with one attached hydrogen (secondary N) is 1. The summed E-state index contributed by atoms with van der Waals surface area (Å²) < 4.78 is 0. The molecule has 104 valence electrons. The van der Waals surface area contributed by atoms with Crippen LogP contribution >= 0.6 is 0 Å². The Morgan fingerprint density at radius 1 is 1.53 bits per heavy atom. The number of primary amides is 1. The van der Waals surface area contributed by atoms with Crippen LogP contribution in [-0.2, 0) is 0 Å². The summed E-state index contributed by atoms with van der Waals surface area (Å²) in [5.41, 5.74) is 7.93. The van der Waals surface area contributed by atoms with Crippen LogP contribution in [0.2, 0.25) is 0 Å². The highest BCUT2D eigenvalue weighted by atomic mass is 16.1. The SMILES string of the molecule is Cc1c(NCC2CCCN(C)C2)cccc1C(N)=O. The summed E-state index contributed by atoms with van der Waals surface area (Å²) in [7, 11) is 2.17. The van der Waals surface area contributed by atoms with Gasteiger partial charge in [-0.1, -0.05) is 6.07 Å². The van der Waals surface area contributed by atoms with E-state index in [0.717, 1.165) is 24.3 Å². The van der Waals surface area contributed by atoms with Crippen molar-refractivity contribution in [3.05, 3.63) is 29.3 Å². The van der Waals surface area contributed by atoms with E-state index in [1.54, 1.807) is 6.07 Å². The number of amides is 1. The number of benzene rings is 1. The summed E-state index contributed by atoms with van der Waals surface area (Å²) in [6, 6.07) is 5.66. The van der Waals surface area contributed by atoms with Crippen LogP contribution in [0.5, 0.6) is 0 Å². The zero-order valence-electron chi connectivity index (χ0n) is 11.8. The Morgan fingerprint density at radius 3 is 3.00 bits per heavy atom. The first-order valence-corrected chi connectivity index (χ1v) is 6.89. The number of nitrogens with zero attached hydrogens (tertiary/aromatic N) is 1. The Labute approximate surface area is 115 Å². The Morgan fingerprint density at radius 2 is 2.32 bits per heavy atom. The van der Waals surface area contributed by atoms with Crippen LogP contribution in [0.25, 0.3) is 0 Å². The van der Waals surface area contributed by atoms with Gasteiger partial charge < -0.3 is 16.0 Å². The van der Waals surface area contributed by atoms with Gasteiger partial charge in [-0.25, -0.2) is 0 Å². The van der Waals surface area contributed by atoms with Crippen molar-refractivity contribution < 1.29 is 4.79 Å². The number of hydrogen-bond acceptors (Lipinski definition) is 3. The van der Waals surface area contributed by atoms with E-state index in [-0.39, 0.29) is 5.91 Å². The molecule has 1 atom stereocenters. The van der Waals surface area contributed by atoms with E-state index in [1.165, 1.54) is 19.4 Å². The van der Waals surface area contributed by atoms with Crippen molar-refractivity contribution >= 4 is 11.6 Å². The van der Waals surface area contributed by atoms with E-state index in [1.807, 2.05) is 19.1 Å². The number of piperidine rings is 1. The van der Waals surface area contributed by atoms with Gasteiger partial charge in [0.2, 0.25) is 5.91 Å². The second kappa shape index (κ2) is 6.06. The lowest BCUT2D eigenvalue weighted by Gasteiger charge is -2.30. The number of likely N-dealkylation sites (tertiary alicyclic amines) is 1. The van der Waals surface area contributed by atoms with Gasteiger partial charge in [0.25, 0.3) is 0 Å². The topological polar surface area (TPSA) is 58.4 Å². The van der Waals surface area contributed by atoms with Crippen molar-refractivity contribution in [2.24, 2.45) is 11.7 Å². The maximum Gasteiger partial charge on any atom is 0.249 e. The van der Waals surface area contributed by atoms with Gasteiger partial charge in [-0.05, 0) is 57.0 Å². The Kier molecular flexibility index (Phi) is 4.43. The summed E-state index contributed by atoms with van der Waals surface area (Å²) in [5.74, 6) is 0.314. The van der Waals surface area contributed by atoms with Crippen LogP contribution in [0.4, 0.5) is 5.69 Å². The predicted molar refractivity (Wildman–Crippen MR) is 78.4 cm³/mol. The smallest absolute Gasteiger partial charge is 0.249 e. The van der Waals surface area contributed by atoms with Gasteiger partial charge in [0.15, 0.2) is 0 Å². The number of rotatable bonds is 4. The maximum atomic E-state index is 11.3. The van der Waals surface area contributed by atoms with E-state index in [2.05, 4.69) is 17.3 Å². The highest BCUT2D eigenvalue weighted by Gasteiger charge is 2.17. The van der Waals surface area contributed by atoms with Crippen LogP contribution in [0.1, 0.15) is 28.8 Å². The molecule has 1 aromatic carbocycles. The summed E-state index contributed by atoms with van der Waals surface area (Å²) in [6.45, 7) is 5.23. The number of carbonyl (C=O) groups excluding carboxylic acids is 1. The van der Waals surface area contributed by atoms with Gasteiger partial charge in [0.05, 0.1) is 0 Å². The van der Waals surface area contributed by atoms with Crippen molar-refractivity contribution in [2.75, 3.05) is 32.0 Å². The van der Waals surface area contributed by atoms with E-state index in [4.69, 9.17) is 5.73 Å². The minimum absolute atomic E-state index is 0.362.